The average molecular weight is 234 g/mol. The van der Waals surface area contributed by atoms with Gasteiger partial charge in [0.05, 0.1) is 19.6 Å². The SMILES string of the molecule is COC(=O)C1(c2c(OC)ccc(C)c2C)CC1. The third kappa shape index (κ3) is 1.70. The minimum Gasteiger partial charge on any atom is -0.496 e. The molecule has 3 nitrogen and oxygen atoms in total. The molecule has 0 saturated heterocycles. The first-order valence-electron chi connectivity index (χ1n) is 5.80. The van der Waals surface area contributed by atoms with E-state index < -0.39 is 5.41 Å². The van der Waals surface area contributed by atoms with Gasteiger partial charge in [-0.1, -0.05) is 6.07 Å². The summed E-state index contributed by atoms with van der Waals surface area (Å²) in [4.78, 5) is 12.0. The summed E-state index contributed by atoms with van der Waals surface area (Å²) in [6.45, 7) is 4.09. The topological polar surface area (TPSA) is 35.5 Å². The van der Waals surface area contributed by atoms with Crippen molar-refractivity contribution >= 4 is 5.97 Å². The highest BCUT2D eigenvalue weighted by atomic mass is 16.5. The number of ether oxygens (including phenoxy) is 2. The highest BCUT2D eigenvalue weighted by Crippen LogP contribution is 2.53. The second-order valence-electron chi connectivity index (χ2n) is 4.66. The smallest absolute Gasteiger partial charge is 0.316 e. The first kappa shape index (κ1) is 12.0. The Labute approximate surface area is 102 Å². The Bertz CT molecular complexity index is 459. The second kappa shape index (κ2) is 4.06. The maximum Gasteiger partial charge on any atom is 0.316 e. The van der Waals surface area contributed by atoms with E-state index >= 15 is 0 Å². The molecule has 2 rings (SSSR count). The van der Waals surface area contributed by atoms with Gasteiger partial charge < -0.3 is 9.47 Å². The zero-order valence-electron chi connectivity index (χ0n) is 10.8. The Hall–Kier alpha value is -1.51. The molecule has 0 spiro atoms. The average Bonchev–Trinajstić information content (AvgIpc) is 3.12. The number of carbonyl (C=O) groups is 1. The van der Waals surface area contributed by atoms with Crippen molar-refractivity contribution in [2.75, 3.05) is 14.2 Å². The van der Waals surface area contributed by atoms with Crippen LogP contribution in [0.3, 0.4) is 0 Å². The van der Waals surface area contributed by atoms with Crippen LogP contribution in [0.5, 0.6) is 5.75 Å². The normalized spacial score (nSPS) is 16.5. The molecular formula is C14H18O3. The molecule has 1 fully saturated rings. The van der Waals surface area contributed by atoms with Gasteiger partial charge in [0.15, 0.2) is 0 Å². The molecular weight excluding hydrogens is 216 g/mol. The van der Waals surface area contributed by atoms with Crippen LogP contribution in [0.15, 0.2) is 12.1 Å². The van der Waals surface area contributed by atoms with E-state index in [1.807, 2.05) is 26.0 Å². The predicted octanol–water partition coefficient (Wildman–Crippen LogP) is 2.52. The standard InChI is InChI=1S/C14H18O3/c1-9-5-6-11(16-3)12(10(9)2)14(7-8-14)13(15)17-4/h5-6H,7-8H2,1-4H3. The Morgan fingerprint density at radius 3 is 2.35 bits per heavy atom. The summed E-state index contributed by atoms with van der Waals surface area (Å²) in [5, 5.41) is 0. The zero-order chi connectivity index (χ0) is 12.6. The lowest BCUT2D eigenvalue weighted by Crippen LogP contribution is -2.24. The predicted molar refractivity (Wildman–Crippen MR) is 65.4 cm³/mol. The van der Waals surface area contributed by atoms with Gasteiger partial charge in [-0.15, -0.1) is 0 Å². The van der Waals surface area contributed by atoms with Crippen molar-refractivity contribution < 1.29 is 14.3 Å². The van der Waals surface area contributed by atoms with Gasteiger partial charge in [0, 0.05) is 5.56 Å². The van der Waals surface area contributed by atoms with Crippen LogP contribution in [0.2, 0.25) is 0 Å². The number of esters is 1. The lowest BCUT2D eigenvalue weighted by Gasteiger charge is -2.20. The first-order valence-corrected chi connectivity index (χ1v) is 5.80. The summed E-state index contributed by atoms with van der Waals surface area (Å²) in [5.41, 5.74) is 2.85. The van der Waals surface area contributed by atoms with Gasteiger partial charge in [0.2, 0.25) is 0 Å². The third-order valence-corrected chi connectivity index (χ3v) is 3.72. The molecule has 1 aliphatic carbocycles. The molecule has 0 radical (unpaired) electrons. The van der Waals surface area contributed by atoms with Crippen molar-refractivity contribution in [3.63, 3.8) is 0 Å². The van der Waals surface area contributed by atoms with E-state index in [0.29, 0.717) is 0 Å². The van der Waals surface area contributed by atoms with Crippen molar-refractivity contribution in [3.05, 3.63) is 28.8 Å². The molecule has 1 aliphatic rings. The molecule has 17 heavy (non-hydrogen) atoms. The fraction of sp³-hybridized carbons (Fsp3) is 0.500. The van der Waals surface area contributed by atoms with Gasteiger partial charge in [-0.3, -0.25) is 4.79 Å². The van der Waals surface area contributed by atoms with Crippen LogP contribution in [-0.2, 0) is 14.9 Å². The molecule has 1 aromatic carbocycles. The fourth-order valence-corrected chi connectivity index (χ4v) is 2.43. The molecule has 0 unspecified atom stereocenters. The quantitative estimate of drug-likeness (QED) is 0.754. The number of hydrogen-bond donors (Lipinski definition) is 0. The number of methoxy groups -OCH3 is 2. The van der Waals surface area contributed by atoms with Crippen molar-refractivity contribution in [2.24, 2.45) is 0 Å². The maximum atomic E-state index is 12.0. The minimum atomic E-state index is -0.462. The molecule has 0 atom stereocenters. The molecule has 0 aliphatic heterocycles. The lowest BCUT2D eigenvalue weighted by molar-refractivity contribution is -0.143. The summed E-state index contributed by atoms with van der Waals surface area (Å²) in [5.74, 6) is 0.639. The summed E-state index contributed by atoms with van der Waals surface area (Å²) in [6, 6.07) is 3.95. The number of carbonyl (C=O) groups excluding carboxylic acids is 1. The van der Waals surface area contributed by atoms with Gasteiger partial charge in [-0.05, 0) is 43.9 Å². The Morgan fingerprint density at radius 1 is 1.24 bits per heavy atom. The van der Waals surface area contributed by atoms with Gasteiger partial charge in [-0.2, -0.15) is 0 Å². The van der Waals surface area contributed by atoms with E-state index in [0.717, 1.165) is 29.7 Å². The van der Waals surface area contributed by atoms with E-state index in [2.05, 4.69) is 0 Å². The van der Waals surface area contributed by atoms with E-state index in [1.165, 1.54) is 12.7 Å². The van der Waals surface area contributed by atoms with Crippen molar-refractivity contribution in [3.8, 4) is 5.75 Å². The van der Waals surface area contributed by atoms with Crippen LogP contribution in [0.4, 0.5) is 0 Å². The zero-order valence-corrected chi connectivity index (χ0v) is 10.8. The Morgan fingerprint density at radius 2 is 1.88 bits per heavy atom. The minimum absolute atomic E-state index is 0.149. The van der Waals surface area contributed by atoms with E-state index in [4.69, 9.17) is 9.47 Å². The van der Waals surface area contributed by atoms with E-state index in [9.17, 15) is 4.79 Å². The molecule has 0 bridgehead atoms. The molecule has 0 amide bonds. The summed E-state index contributed by atoms with van der Waals surface area (Å²) < 4.78 is 10.3. The summed E-state index contributed by atoms with van der Waals surface area (Å²) in [7, 11) is 3.08. The van der Waals surface area contributed by atoms with Crippen LogP contribution in [0.1, 0.15) is 29.5 Å². The van der Waals surface area contributed by atoms with Crippen LogP contribution < -0.4 is 4.74 Å². The van der Waals surface area contributed by atoms with Gasteiger partial charge in [0.1, 0.15) is 5.75 Å². The van der Waals surface area contributed by atoms with E-state index in [1.54, 1.807) is 7.11 Å². The number of benzene rings is 1. The number of hydrogen-bond acceptors (Lipinski definition) is 3. The van der Waals surface area contributed by atoms with Gasteiger partial charge in [-0.25, -0.2) is 0 Å². The molecule has 1 aromatic rings. The highest BCUT2D eigenvalue weighted by molar-refractivity contribution is 5.88. The molecule has 0 heterocycles. The molecule has 0 aromatic heterocycles. The largest absolute Gasteiger partial charge is 0.496 e. The Kier molecular flexibility index (Phi) is 2.86. The molecule has 3 heteroatoms. The lowest BCUT2D eigenvalue weighted by atomic mass is 9.88. The van der Waals surface area contributed by atoms with Crippen molar-refractivity contribution in [2.45, 2.75) is 32.1 Å². The maximum absolute atomic E-state index is 12.0. The van der Waals surface area contributed by atoms with Gasteiger partial charge in [0.25, 0.3) is 0 Å². The van der Waals surface area contributed by atoms with E-state index in [-0.39, 0.29) is 5.97 Å². The molecule has 92 valence electrons. The van der Waals surface area contributed by atoms with Gasteiger partial charge >= 0.3 is 5.97 Å². The van der Waals surface area contributed by atoms with Crippen molar-refractivity contribution in [1.29, 1.82) is 0 Å². The Balaban J connectivity index is 2.58. The van der Waals surface area contributed by atoms with Crippen molar-refractivity contribution in [1.82, 2.24) is 0 Å². The second-order valence-corrected chi connectivity index (χ2v) is 4.66. The number of rotatable bonds is 3. The molecule has 0 N–H and O–H groups in total. The fourth-order valence-electron chi connectivity index (χ4n) is 2.43. The summed E-state index contributed by atoms with van der Waals surface area (Å²) in [6.07, 6.45) is 1.70. The molecule has 1 saturated carbocycles. The highest BCUT2D eigenvalue weighted by Gasteiger charge is 2.55. The first-order chi connectivity index (χ1) is 8.06. The summed E-state index contributed by atoms with van der Waals surface area (Å²) >= 11 is 0. The van der Waals surface area contributed by atoms with Crippen LogP contribution in [-0.4, -0.2) is 20.2 Å². The monoisotopic (exact) mass is 234 g/mol. The number of aryl methyl sites for hydroxylation is 1. The van der Waals surface area contributed by atoms with Crippen LogP contribution >= 0.6 is 0 Å². The van der Waals surface area contributed by atoms with Crippen LogP contribution in [0, 0.1) is 13.8 Å². The van der Waals surface area contributed by atoms with Crippen LogP contribution in [0.25, 0.3) is 0 Å². The third-order valence-electron chi connectivity index (χ3n) is 3.72.